The Hall–Kier alpha value is -2.69. The van der Waals surface area contributed by atoms with Crippen molar-refractivity contribution in [1.29, 1.82) is 0 Å². The molecule has 0 bridgehead atoms. The summed E-state index contributed by atoms with van der Waals surface area (Å²) in [5.41, 5.74) is 7.23. The summed E-state index contributed by atoms with van der Waals surface area (Å²) >= 11 is 0. The number of anilines is 1. The highest BCUT2D eigenvalue weighted by atomic mass is 19.1. The van der Waals surface area contributed by atoms with Gasteiger partial charge >= 0.3 is 0 Å². The average Bonchev–Trinajstić information content (AvgIpc) is 2.49. The second-order valence-electron chi connectivity index (χ2n) is 5.02. The fraction of sp³-hybridized carbons (Fsp3) is 0.176. The minimum Gasteiger partial charge on any atom is -0.370 e. The Morgan fingerprint density at radius 1 is 1.05 bits per heavy atom. The molecule has 2 rings (SSSR count). The molecule has 5 heteroatoms. The maximum atomic E-state index is 13.1. The lowest BCUT2D eigenvalue weighted by atomic mass is 10.1. The zero-order valence-corrected chi connectivity index (χ0v) is 12.3. The van der Waals surface area contributed by atoms with E-state index in [-0.39, 0.29) is 24.7 Å². The van der Waals surface area contributed by atoms with Crippen LogP contribution in [0.3, 0.4) is 0 Å². The molecule has 22 heavy (non-hydrogen) atoms. The van der Waals surface area contributed by atoms with Gasteiger partial charge in [0, 0.05) is 24.2 Å². The van der Waals surface area contributed by atoms with Crippen molar-refractivity contribution in [3.63, 3.8) is 0 Å². The molecule has 0 unspecified atom stereocenters. The van der Waals surface area contributed by atoms with E-state index in [9.17, 15) is 14.0 Å². The van der Waals surface area contributed by atoms with Crippen LogP contribution in [-0.2, 0) is 4.79 Å². The number of benzene rings is 2. The summed E-state index contributed by atoms with van der Waals surface area (Å²) in [5, 5.41) is 0. The van der Waals surface area contributed by atoms with Crippen LogP contribution in [0.2, 0.25) is 0 Å². The molecule has 0 saturated carbocycles. The van der Waals surface area contributed by atoms with E-state index in [2.05, 4.69) is 0 Å². The molecule has 2 aromatic carbocycles. The van der Waals surface area contributed by atoms with E-state index in [0.29, 0.717) is 11.3 Å². The van der Waals surface area contributed by atoms with Gasteiger partial charge in [-0.3, -0.25) is 9.59 Å². The number of aryl methyl sites for hydroxylation is 1. The molecule has 0 saturated heterocycles. The van der Waals surface area contributed by atoms with Crippen LogP contribution >= 0.6 is 0 Å². The van der Waals surface area contributed by atoms with Crippen molar-refractivity contribution in [2.75, 3.05) is 11.4 Å². The predicted molar refractivity (Wildman–Crippen MR) is 83.1 cm³/mol. The maximum Gasteiger partial charge on any atom is 0.258 e. The number of nitrogens with two attached hydrogens (primary N) is 1. The van der Waals surface area contributed by atoms with Gasteiger partial charge in [-0.05, 0) is 43.3 Å². The van der Waals surface area contributed by atoms with E-state index in [1.165, 1.54) is 29.2 Å². The molecule has 0 atom stereocenters. The van der Waals surface area contributed by atoms with E-state index in [1.807, 2.05) is 19.1 Å². The first-order valence-corrected chi connectivity index (χ1v) is 6.90. The standard InChI is InChI=1S/C17H17FN2O2/c1-12-2-4-13(5-3-12)17(22)20(11-10-16(19)21)15-8-6-14(18)7-9-15/h2-9H,10-11H2,1H3,(H2,19,21). The molecule has 2 N–H and O–H groups in total. The Balaban J connectivity index is 2.30. The van der Waals surface area contributed by atoms with Gasteiger partial charge < -0.3 is 10.6 Å². The molecule has 0 aliphatic rings. The Labute approximate surface area is 128 Å². The van der Waals surface area contributed by atoms with Gasteiger partial charge in [-0.1, -0.05) is 17.7 Å². The van der Waals surface area contributed by atoms with Crippen LogP contribution in [0, 0.1) is 12.7 Å². The molecule has 114 valence electrons. The molecule has 0 fully saturated rings. The van der Waals surface area contributed by atoms with Gasteiger partial charge in [0.25, 0.3) is 5.91 Å². The van der Waals surface area contributed by atoms with Gasteiger partial charge in [-0.2, -0.15) is 0 Å². The molecule has 0 radical (unpaired) electrons. The fourth-order valence-corrected chi connectivity index (χ4v) is 2.04. The van der Waals surface area contributed by atoms with Crippen LogP contribution in [0.15, 0.2) is 48.5 Å². The number of halogens is 1. The Morgan fingerprint density at radius 2 is 1.64 bits per heavy atom. The third-order valence-corrected chi connectivity index (χ3v) is 3.26. The molecule has 0 aliphatic heterocycles. The molecule has 2 aromatic rings. The van der Waals surface area contributed by atoms with Gasteiger partial charge in [-0.25, -0.2) is 4.39 Å². The van der Waals surface area contributed by atoms with Crippen molar-refractivity contribution in [1.82, 2.24) is 0 Å². The molecular formula is C17H17FN2O2. The van der Waals surface area contributed by atoms with Crippen molar-refractivity contribution in [3.8, 4) is 0 Å². The van der Waals surface area contributed by atoms with E-state index in [4.69, 9.17) is 5.73 Å². The lowest BCUT2D eigenvalue weighted by Gasteiger charge is -2.22. The van der Waals surface area contributed by atoms with Crippen molar-refractivity contribution in [2.45, 2.75) is 13.3 Å². The van der Waals surface area contributed by atoms with Gasteiger partial charge in [-0.15, -0.1) is 0 Å². The smallest absolute Gasteiger partial charge is 0.258 e. The molecule has 2 amide bonds. The van der Waals surface area contributed by atoms with Crippen LogP contribution < -0.4 is 10.6 Å². The van der Waals surface area contributed by atoms with Gasteiger partial charge in [0.15, 0.2) is 0 Å². The summed E-state index contributed by atoms with van der Waals surface area (Å²) in [4.78, 5) is 25.1. The van der Waals surface area contributed by atoms with Crippen molar-refractivity contribution in [2.24, 2.45) is 5.73 Å². The summed E-state index contributed by atoms with van der Waals surface area (Å²) in [5.74, 6) is -1.14. The van der Waals surface area contributed by atoms with Crippen LogP contribution in [0.25, 0.3) is 0 Å². The number of primary amides is 1. The van der Waals surface area contributed by atoms with Crippen molar-refractivity contribution < 1.29 is 14.0 Å². The zero-order valence-electron chi connectivity index (χ0n) is 12.3. The summed E-state index contributed by atoms with van der Waals surface area (Å²) in [6, 6.07) is 12.7. The predicted octanol–water partition coefficient (Wildman–Crippen LogP) is 2.66. The quantitative estimate of drug-likeness (QED) is 0.922. The largest absolute Gasteiger partial charge is 0.370 e. The molecule has 0 spiro atoms. The van der Waals surface area contributed by atoms with E-state index in [1.54, 1.807) is 12.1 Å². The first-order chi connectivity index (χ1) is 10.5. The number of carbonyl (C=O) groups is 2. The Kier molecular flexibility index (Phi) is 4.88. The number of carbonyl (C=O) groups excluding carboxylic acids is 2. The summed E-state index contributed by atoms with van der Waals surface area (Å²) in [6.45, 7) is 2.08. The minimum atomic E-state index is -0.496. The highest BCUT2D eigenvalue weighted by molar-refractivity contribution is 6.06. The summed E-state index contributed by atoms with van der Waals surface area (Å²) < 4.78 is 13.1. The van der Waals surface area contributed by atoms with E-state index >= 15 is 0 Å². The van der Waals surface area contributed by atoms with Gasteiger partial charge in [0.05, 0.1) is 0 Å². The lowest BCUT2D eigenvalue weighted by Crippen LogP contribution is -2.34. The SMILES string of the molecule is Cc1ccc(C(=O)N(CCC(N)=O)c2ccc(F)cc2)cc1. The van der Waals surface area contributed by atoms with E-state index in [0.717, 1.165) is 5.56 Å². The van der Waals surface area contributed by atoms with Crippen molar-refractivity contribution in [3.05, 3.63) is 65.5 Å². The van der Waals surface area contributed by atoms with Crippen LogP contribution in [-0.4, -0.2) is 18.4 Å². The van der Waals surface area contributed by atoms with Crippen LogP contribution in [0.1, 0.15) is 22.3 Å². The van der Waals surface area contributed by atoms with Gasteiger partial charge in [0.1, 0.15) is 5.82 Å². The summed E-state index contributed by atoms with van der Waals surface area (Å²) in [6.07, 6.45) is 0.0367. The van der Waals surface area contributed by atoms with Crippen LogP contribution in [0.4, 0.5) is 10.1 Å². The number of rotatable bonds is 5. The molecular weight excluding hydrogens is 283 g/mol. The maximum absolute atomic E-state index is 13.1. The third-order valence-electron chi connectivity index (χ3n) is 3.26. The molecule has 0 aliphatic carbocycles. The monoisotopic (exact) mass is 300 g/mol. The number of hydrogen-bond donors (Lipinski definition) is 1. The third kappa shape index (κ3) is 3.91. The molecule has 0 heterocycles. The topological polar surface area (TPSA) is 63.4 Å². The zero-order chi connectivity index (χ0) is 16.1. The van der Waals surface area contributed by atoms with Gasteiger partial charge in [0.2, 0.25) is 5.91 Å². The first kappa shape index (κ1) is 15.7. The number of amides is 2. The Bertz CT molecular complexity index is 666. The van der Waals surface area contributed by atoms with Crippen molar-refractivity contribution >= 4 is 17.5 Å². The fourth-order valence-electron chi connectivity index (χ4n) is 2.04. The first-order valence-electron chi connectivity index (χ1n) is 6.90. The second-order valence-corrected chi connectivity index (χ2v) is 5.02. The minimum absolute atomic E-state index is 0.0367. The normalized spacial score (nSPS) is 10.3. The number of hydrogen-bond acceptors (Lipinski definition) is 2. The number of nitrogens with zero attached hydrogens (tertiary/aromatic N) is 1. The second kappa shape index (κ2) is 6.85. The average molecular weight is 300 g/mol. The summed E-state index contributed by atoms with van der Waals surface area (Å²) in [7, 11) is 0. The lowest BCUT2D eigenvalue weighted by molar-refractivity contribution is -0.117. The highest BCUT2D eigenvalue weighted by Gasteiger charge is 2.18. The molecule has 4 nitrogen and oxygen atoms in total. The highest BCUT2D eigenvalue weighted by Crippen LogP contribution is 2.18. The van der Waals surface area contributed by atoms with Crippen LogP contribution in [0.5, 0.6) is 0 Å². The van der Waals surface area contributed by atoms with E-state index < -0.39 is 5.91 Å². The Morgan fingerprint density at radius 3 is 2.18 bits per heavy atom. The molecule has 0 aromatic heterocycles.